The molecule has 30 heavy (non-hydrogen) atoms. The van der Waals surface area contributed by atoms with Crippen molar-refractivity contribution in [1.82, 2.24) is 4.31 Å². The van der Waals surface area contributed by atoms with Gasteiger partial charge in [-0.15, -0.1) is 0 Å². The number of carbonyl (C=O) groups is 1. The highest BCUT2D eigenvalue weighted by Gasteiger charge is 2.40. The van der Waals surface area contributed by atoms with Crippen LogP contribution in [0.5, 0.6) is 0 Å². The molecule has 0 bridgehead atoms. The maximum atomic E-state index is 13.2. The lowest BCUT2D eigenvalue weighted by Gasteiger charge is -2.30. The van der Waals surface area contributed by atoms with Gasteiger partial charge in [-0.3, -0.25) is 4.79 Å². The summed E-state index contributed by atoms with van der Waals surface area (Å²) in [6.07, 6.45) is -4.53. The van der Waals surface area contributed by atoms with Gasteiger partial charge in [-0.25, -0.2) is 12.8 Å². The highest BCUT2D eigenvalue weighted by Crippen LogP contribution is 2.36. The van der Waals surface area contributed by atoms with Crippen LogP contribution in [0, 0.1) is 11.7 Å². The smallest absolute Gasteiger partial charge is 0.417 e. The molecule has 3 rings (SSSR count). The summed E-state index contributed by atoms with van der Waals surface area (Å²) < 4.78 is 84.1. The molecule has 0 aromatic heterocycles. The van der Waals surface area contributed by atoms with Gasteiger partial charge in [0.25, 0.3) is 0 Å². The first-order valence-corrected chi connectivity index (χ1v) is 10.6. The zero-order valence-electron chi connectivity index (χ0n) is 15.7. The molecule has 1 aliphatic heterocycles. The maximum absolute atomic E-state index is 13.2. The van der Waals surface area contributed by atoms with E-state index in [1.54, 1.807) is 0 Å². The first-order chi connectivity index (χ1) is 14.1. The van der Waals surface area contributed by atoms with Gasteiger partial charge >= 0.3 is 12.1 Å². The quantitative estimate of drug-likeness (QED) is 0.516. The number of halogens is 4. The summed E-state index contributed by atoms with van der Waals surface area (Å²) in [7, 11) is -4.36. The second-order valence-electron chi connectivity index (χ2n) is 6.91. The lowest BCUT2D eigenvalue weighted by molar-refractivity contribution is -0.151. The summed E-state index contributed by atoms with van der Waals surface area (Å²) in [6, 6.07) is 9.48. The minimum Gasteiger partial charge on any atom is -0.461 e. The molecule has 0 saturated carbocycles. The Morgan fingerprint density at radius 3 is 2.23 bits per heavy atom. The van der Waals surface area contributed by atoms with E-state index in [2.05, 4.69) is 0 Å². The van der Waals surface area contributed by atoms with E-state index in [4.69, 9.17) is 4.74 Å². The predicted octanol–water partition coefficient (Wildman–Crippen LogP) is 3.99. The number of nitrogens with zero attached hydrogens (tertiary/aromatic N) is 1. The van der Waals surface area contributed by atoms with Crippen LogP contribution in [0.4, 0.5) is 17.6 Å². The van der Waals surface area contributed by atoms with Crippen molar-refractivity contribution in [2.45, 2.75) is 30.5 Å². The lowest BCUT2D eigenvalue weighted by Crippen LogP contribution is -2.41. The van der Waals surface area contributed by atoms with E-state index in [9.17, 15) is 30.8 Å². The number of alkyl halides is 3. The van der Waals surface area contributed by atoms with E-state index in [1.165, 1.54) is 30.3 Å². The van der Waals surface area contributed by atoms with Gasteiger partial charge in [-0.05, 0) is 42.7 Å². The monoisotopic (exact) mass is 445 g/mol. The first kappa shape index (κ1) is 22.2. The summed E-state index contributed by atoms with van der Waals surface area (Å²) in [5, 5.41) is 0. The normalized spacial score (nSPS) is 16.4. The molecule has 0 radical (unpaired) electrons. The van der Waals surface area contributed by atoms with E-state index in [0.29, 0.717) is 5.56 Å². The molecule has 10 heteroatoms. The fourth-order valence-corrected chi connectivity index (χ4v) is 4.93. The van der Waals surface area contributed by atoms with Crippen molar-refractivity contribution in [1.29, 1.82) is 0 Å². The van der Waals surface area contributed by atoms with Gasteiger partial charge in [-0.2, -0.15) is 17.5 Å². The van der Waals surface area contributed by atoms with Crippen molar-refractivity contribution in [2.75, 3.05) is 13.1 Å². The van der Waals surface area contributed by atoms with Crippen molar-refractivity contribution < 1.29 is 35.5 Å². The van der Waals surface area contributed by atoms with Crippen molar-refractivity contribution >= 4 is 16.0 Å². The fourth-order valence-electron chi connectivity index (χ4n) is 3.25. The Balaban J connectivity index is 1.62. The summed E-state index contributed by atoms with van der Waals surface area (Å²) in [5.41, 5.74) is -0.612. The molecule has 1 fully saturated rings. The number of sulfonamides is 1. The average molecular weight is 445 g/mol. The van der Waals surface area contributed by atoms with Gasteiger partial charge in [0.1, 0.15) is 12.4 Å². The molecule has 0 unspecified atom stereocenters. The van der Waals surface area contributed by atoms with Crippen LogP contribution in [0.2, 0.25) is 0 Å². The van der Waals surface area contributed by atoms with Crippen LogP contribution >= 0.6 is 0 Å². The Morgan fingerprint density at radius 1 is 1.03 bits per heavy atom. The molecular weight excluding hydrogens is 426 g/mol. The second-order valence-corrected chi connectivity index (χ2v) is 8.81. The molecule has 2 aromatic rings. The Bertz CT molecular complexity index is 998. The van der Waals surface area contributed by atoms with Gasteiger partial charge in [0.05, 0.1) is 16.4 Å². The summed E-state index contributed by atoms with van der Waals surface area (Å²) >= 11 is 0. The summed E-state index contributed by atoms with van der Waals surface area (Å²) in [4.78, 5) is 11.4. The van der Waals surface area contributed by atoms with Crippen molar-refractivity contribution in [3.63, 3.8) is 0 Å². The Hall–Kier alpha value is -2.46. The van der Waals surface area contributed by atoms with Gasteiger partial charge < -0.3 is 4.74 Å². The molecule has 0 atom stereocenters. The molecule has 0 amide bonds. The van der Waals surface area contributed by atoms with Crippen LogP contribution in [-0.4, -0.2) is 31.8 Å². The summed E-state index contributed by atoms with van der Waals surface area (Å²) in [5.74, 6) is -1.49. The lowest BCUT2D eigenvalue weighted by atomic mass is 9.98. The second kappa shape index (κ2) is 8.73. The SMILES string of the molecule is O=C(OCc1ccc(F)cc1)C1CCN(S(=O)(=O)c2ccccc2C(F)(F)F)CC1. The van der Waals surface area contributed by atoms with Crippen molar-refractivity contribution in [2.24, 2.45) is 5.92 Å². The molecule has 1 saturated heterocycles. The molecular formula is C20H19F4NO4S. The van der Waals surface area contributed by atoms with E-state index in [0.717, 1.165) is 22.5 Å². The van der Waals surface area contributed by atoms with E-state index < -0.39 is 44.4 Å². The third kappa shape index (κ3) is 4.99. The molecule has 0 N–H and O–H groups in total. The number of benzene rings is 2. The molecule has 0 spiro atoms. The maximum Gasteiger partial charge on any atom is 0.417 e. The Kier molecular flexibility index (Phi) is 6.47. The highest BCUT2D eigenvalue weighted by molar-refractivity contribution is 7.89. The number of rotatable bonds is 5. The van der Waals surface area contributed by atoms with Gasteiger partial charge in [0.2, 0.25) is 10.0 Å². The number of hydrogen-bond donors (Lipinski definition) is 0. The van der Waals surface area contributed by atoms with Crippen LogP contribution in [0.25, 0.3) is 0 Å². The van der Waals surface area contributed by atoms with Crippen LogP contribution in [0.15, 0.2) is 53.4 Å². The van der Waals surface area contributed by atoms with Gasteiger partial charge in [0, 0.05) is 13.1 Å². The predicted molar refractivity (Wildman–Crippen MR) is 99.1 cm³/mol. The molecule has 1 heterocycles. The minimum atomic E-state index is -4.80. The van der Waals surface area contributed by atoms with E-state index in [-0.39, 0.29) is 32.5 Å². The van der Waals surface area contributed by atoms with Gasteiger partial charge in [0.15, 0.2) is 0 Å². The largest absolute Gasteiger partial charge is 0.461 e. The average Bonchev–Trinajstić information content (AvgIpc) is 2.72. The van der Waals surface area contributed by atoms with Crippen LogP contribution < -0.4 is 0 Å². The highest BCUT2D eigenvalue weighted by atomic mass is 32.2. The van der Waals surface area contributed by atoms with Gasteiger partial charge in [-0.1, -0.05) is 24.3 Å². The summed E-state index contributed by atoms with van der Waals surface area (Å²) in [6.45, 7) is -0.230. The molecule has 0 aliphatic carbocycles. The van der Waals surface area contributed by atoms with Crippen LogP contribution in [0.3, 0.4) is 0 Å². The molecule has 1 aliphatic rings. The minimum absolute atomic E-state index is 0.0451. The Labute approximate surface area is 171 Å². The molecule has 2 aromatic carbocycles. The van der Waals surface area contributed by atoms with Crippen molar-refractivity contribution in [3.05, 3.63) is 65.5 Å². The topological polar surface area (TPSA) is 63.7 Å². The number of esters is 1. The zero-order chi connectivity index (χ0) is 21.9. The van der Waals surface area contributed by atoms with E-state index >= 15 is 0 Å². The van der Waals surface area contributed by atoms with Crippen LogP contribution in [0.1, 0.15) is 24.0 Å². The third-order valence-corrected chi connectivity index (χ3v) is 6.85. The van der Waals surface area contributed by atoms with Crippen LogP contribution in [-0.2, 0) is 32.3 Å². The van der Waals surface area contributed by atoms with E-state index in [1.807, 2.05) is 0 Å². The van der Waals surface area contributed by atoms with Crippen molar-refractivity contribution in [3.8, 4) is 0 Å². The Morgan fingerprint density at radius 2 is 1.63 bits per heavy atom. The standard InChI is InChI=1S/C20H19F4NO4S/c21-16-7-5-14(6-8-16)13-29-19(26)15-9-11-25(12-10-15)30(27,28)18-4-2-1-3-17(18)20(22,23)24/h1-8,15H,9-13H2. The number of piperidine rings is 1. The first-order valence-electron chi connectivity index (χ1n) is 9.16. The zero-order valence-corrected chi connectivity index (χ0v) is 16.5. The number of carbonyl (C=O) groups excluding carboxylic acids is 1. The fraction of sp³-hybridized carbons (Fsp3) is 0.350. The number of ether oxygens (including phenoxy) is 1. The third-order valence-electron chi connectivity index (χ3n) is 4.89. The molecule has 162 valence electrons. The molecule has 5 nitrogen and oxygen atoms in total. The number of hydrogen-bond acceptors (Lipinski definition) is 4.